The topological polar surface area (TPSA) is 56.8 Å². The lowest BCUT2D eigenvalue weighted by Crippen LogP contribution is -2.54. The van der Waals surface area contributed by atoms with Gasteiger partial charge in [-0.2, -0.15) is 0 Å². The van der Waals surface area contributed by atoms with E-state index in [9.17, 15) is 4.79 Å². The standard InChI is InChI=1S/C11H23NO4/c1-5-15-9-11(3,10(13)16-6-2)12-7-8-14-4/h12H,5-9H2,1-4H3. The Balaban J connectivity index is 4.28. The maximum Gasteiger partial charge on any atom is 0.328 e. The van der Waals surface area contributed by atoms with Crippen molar-refractivity contribution in [3.8, 4) is 0 Å². The van der Waals surface area contributed by atoms with Crippen molar-refractivity contribution >= 4 is 5.97 Å². The molecule has 0 aliphatic carbocycles. The predicted octanol–water partition coefficient (Wildman–Crippen LogP) is 0.581. The molecular formula is C11H23NO4. The minimum atomic E-state index is -0.801. The lowest BCUT2D eigenvalue weighted by atomic mass is 10.0. The molecule has 0 aromatic rings. The van der Waals surface area contributed by atoms with Crippen LogP contribution in [0.3, 0.4) is 0 Å². The third-order valence-corrected chi connectivity index (χ3v) is 2.14. The van der Waals surface area contributed by atoms with Crippen LogP contribution < -0.4 is 5.32 Å². The minimum absolute atomic E-state index is 0.292. The summed E-state index contributed by atoms with van der Waals surface area (Å²) in [7, 11) is 1.62. The number of carbonyl (C=O) groups is 1. The number of ether oxygens (including phenoxy) is 3. The van der Waals surface area contributed by atoms with Gasteiger partial charge in [-0.3, -0.25) is 5.32 Å². The van der Waals surface area contributed by atoms with Gasteiger partial charge in [-0.15, -0.1) is 0 Å². The molecule has 1 N–H and O–H groups in total. The van der Waals surface area contributed by atoms with E-state index in [-0.39, 0.29) is 5.97 Å². The van der Waals surface area contributed by atoms with Crippen LogP contribution in [0.5, 0.6) is 0 Å². The van der Waals surface area contributed by atoms with E-state index in [4.69, 9.17) is 14.2 Å². The van der Waals surface area contributed by atoms with E-state index in [1.54, 1.807) is 21.0 Å². The molecule has 0 spiro atoms. The fraction of sp³-hybridized carbons (Fsp3) is 0.909. The molecule has 0 saturated heterocycles. The van der Waals surface area contributed by atoms with Crippen molar-refractivity contribution in [3.05, 3.63) is 0 Å². The van der Waals surface area contributed by atoms with Crippen LogP contribution in [0.15, 0.2) is 0 Å². The summed E-state index contributed by atoms with van der Waals surface area (Å²) >= 11 is 0. The average Bonchev–Trinajstić information content (AvgIpc) is 2.27. The Morgan fingerprint density at radius 1 is 1.31 bits per heavy atom. The molecule has 5 nitrogen and oxygen atoms in total. The average molecular weight is 233 g/mol. The van der Waals surface area contributed by atoms with Crippen LogP contribution in [-0.4, -0.2) is 51.6 Å². The van der Waals surface area contributed by atoms with E-state index in [1.165, 1.54) is 0 Å². The second kappa shape index (κ2) is 8.50. The van der Waals surface area contributed by atoms with Crippen LogP contribution in [0, 0.1) is 0 Å². The van der Waals surface area contributed by atoms with Gasteiger partial charge in [-0.05, 0) is 20.8 Å². The molecule has 16 heavy (non-hydrogen) atoms. The molecule has 0 amide bonds. The highest BCUT2D eigenvalue weighted by molar-refractivity contribution is 5.80. The van der Waals surface area contributed by atoms with Crippen LogP contribution in [-0.2, 0) is 19.0 Å². The van der Waals surface area contributed by atoms with Crippen LogP contribution in [0.4, 0.5) is 0 Å². The van der Waals surface area contributed by atoms with Gasteiger partial charge in [0.25, 0.3) is 0 Å². The first-order valence-corrected chi connectivity index (χ1v) is 5.59. The van der Waals surface area contributed by atoms with Crippen molar-refractivity contribution in [2.24, 2.45) is 0 Å². The molecule has 1 atom stereocenters. The first kappa shape index (κ1) is 15.3. The SMILES string of the molecule is CCOCC(C)(NCCOC)C(=O)OCC. The Morgan fingerprint density at radius 3 is 2.50 bits per heavy atom. The highest BCUT2D eigenvalue weighted by Crippen LogP contribution is 2.07. The molecule has 0 aliphatic rings. The molecule has 0 aromatic heterocycles. The monoisotopic (exact) mass is 233 g/mol. The molecule has 0 radical (unpaired) electrons. The molecule has 0 rings (SSSR count). The summed E-state index contributed by atoms with van der Waals surface area (Å²) in [5.41, 5.74) is -0.801. The van der Waals surface area contributed by atoms with Crippen LogP contribution >= 0.6 is 0 Å². The summed E-state index contributed by atoms with van der Waals surface area (Å²) in [4.78, 5) is 11.8. The summed E-state index contributed by atoms with van der Waals surface area (Å²) < 4.78 is 15.2. The highest BCUT2D eigenvalue weighted by atomic mass is 16.5. The molecule has 0 heterocycles. The number of hydrogen-bond acceptors (Lipinski definition) is 5. The summed E-state index contributed by atoms with van der Waals surface area (Å²) in [6, 6.07) is 0. The summed E-state index contributed by atoms with van der Waals surface area (Å²) in [6.45, 7) is 7.81. The smallest absolute Gasteiger partial charge is 0.328 e. The Labute approximate surface area is 97.4 Å². The van der Waals surface area contributed by atoms with Gasteiger partial charge < -0.3 is 14.2 Å². The quantitative estimate of drug-likeness (QED) is 0.466. The number of methoxy groups -OCH3 is 1. The second-order valence-electron chi connectivity index (χ2n) is 3.61. The lowest BCUT2D eigenvalue weighted by Gasteiger charge is -2.28. The normalized spacial score (nSPS) is 14.5. The zero-order valence-electron chi connectivity index (χ0n) is 10.7. The zero-order chi connectivity index (χ0) is 12.4. The zero-order valence-corrected chi connectivity index (χ0v) is 10.7. The van der Waals surface area contributed by atoms with Gasteiger partial charge in [0.2, 0.25) is 0 Å². The Morgan fingerprint density at radius 2 is 2.00 bits per heavy atom. The van der Waals surface area contributed by atoms with Gasteiger partial charge in [0, 0.05) is 20.3 Å². The van der Waals surface area contributed by atoms with Crippen LogP contribution in [0.1, 0.15) is 20.8 Å². The number of rotatable bonds is 9. The van der Waals surface area contributed by atoms with Gasteiger partial charge in [0.15, 0.2) is 0 Å². The number of carbonyl (C=O) groups excluding carboxylic acids is 1. The van der Waals surface area contributed by atoms with Crippen molar-refractivity contribution < 1.29 is 19.0 Å². The molecule has 96 valence electrons. The molecule has 0 fully saturated rings. The van der Waals surface area contributed by atoms with Crippen molar-refractivity contribution in [2.45, 2.75) is 26.3 Å². The first-order valence-electron chi connectivity index (χ1n) is 5.59. The molecule has 0 aliphatic heterocycles. The maximum atomic E-state index is 11.8. The molecule has 5 heteroatoms. The van der Waals surface area contributed by atoms with E-state index >= 15 is 0 Å². The number of esters is 1. The summed E-state index contributed by atoms with van der Waals surface area (Å²) in [5.74, 6) is -0.292. The van der Waals surface area contributed by atoms with Gasteiger partial charge in [0.1, 0.15) is 5.54 Å². The Kier molecular flexibility index (Phi) is 8.15. The van der Waals surface area contributed by atoms with E-state index in [1.807, 2.05) is 6.92 Å². The van der Waals surface area contributed by atoms with Gasteiger partial charge >= 0.3 is 5.97 Å². The van der Waals surface area contributed by atoms with E-state index in [0.29, 0.717) is 33.0 Å². The molecule has 0 bridgehead atoms. The number of hydrogen-bond donors (Lipinski definition) is 1. The lowest BCUT2D eigenvalue weighted by molar-refractivity contribution is -0.153. The van der Waals surface area contributed by atoms with E-state index < -0.39 is 5.54 Å². The third-order valence-electron chi connectivity index (χ3n) is 2.14. The highest BCUT2D eigenvalue weighted by Gasteiger charge is 2.34. The van der Waals surface area contributed by atoms with Crippen LogP contribution in [0.2, 0.25) is 0 Å². The van der Waals surface area contributed by atoms with Crippen molar-refractivity contribution in [2.75, 3.05) is 40.1 Å². The maximum absolute atomic E-state index is 11.8. The summed E-state index contributed by atoms with van der Waals surface area (Å²) in [6.07, 6.45) is 0. The molecular weight excluding hydrogens is 210 g/mol. The Hall–Kier alpha value is -0.650. The van der Waals surface area contributed by atoms with E-state index in [0.717, 1.165) is 0 Å². The Bertz CT molecular complexity index is 198. The first-order chi connectivity index (χ1) is 7.60. The van der Waals surface area contributed by atoms with Crippen molar-refractivity contribution in [1.82, 2.24) is 5.32 Å². The van der Waals surface area contributed by atoms with Gasteiger partial charge in [-0.1, -0.05) is 0 Å². The van der Waals surface area contributed by atoms with Gasteiger partial charge in [-0.25, -0.2) is 4.79 Å². The van der Waals surface area contributed by atoms with Crippen molar-refractivity contribution in [3.63, 3.8) is 0 Å². The fourth-order valence-electron chi connectivity index (χ4n) is 1.21. The fourth-order valence-corrected chi connectivity index (χ4v) is 1.21. The third kappa shape index (κ3) is 5.44. The van der Waals surface area contributed by atoms with Gasteiger partial charge in [0.05, 0.1) is 19.8 Å². The minimum Gasteiger partial charge on any atom is -0.465 e. The molecule has 1 unspecified atom stereocenters. The van der Waals surface area contributed by atoms with E-state index in [2.05, 4.69) is 5.32 Å². The number of nitrogens with one attached hydrogen (secondary N) is 1. The largest absolute Gasteiger partial charge is 0.465 e. The van der Waals surface area contributed by atoms with Crippen molar-refractivity contribution in [1.29, 1.82) is 0 Å². The molecule has 0 saturated carbocycles. The predicted molar refractivity (Wildman–Crippen MR) is 61.4 cm³/mol. The van der Waals surface area contributed by atoms with Crippen LogP contribution in [0.25, 0.3) is 0 Å². The molecule has 0 aromatic carbocycles. The summed E-state index contributed by atoms with van der Waals surface area (Å²) in [5, 5.41) is 3.09. The second-order valence-corrected chi connectivity index (χ2v) is 3.61.